The highest BCUT2D eigenvalue weighted by Crippen LogP contribution is 2.29. The Labute approximate surface area is 155 Å². The number of hydrogen-bond donors (Lipinski definition) is 0. The zero-order valence-electron chi connectivity index (χ0n) is 15.4. The summed E-state index contributed by atoms with van der Waals surface area (Å²) in [6, 6.07) is 7.46. The molecule has 3 fully saturated rings. The summed E-state index contributed by atoms with van der Waals surface area (Å²) in [6.45, 7) is 2.84. The molecule has 0 spiro atoms. The Morgan fingerprint density at radius 3 is 2.92 bits per heavy atom. The van der Waals surface area contributed by atoms with Crippen molar-refractivity contribution in [1.29, 1.82) is 0 Å². The first-order valence-corrected chi connectivity index (χ1v) is 10.1. The van der Waals surface area contributed by atoms with Crippen LogP contribution in [0.15, 0.2) is 24.3 Å². The SMILES string of the molecule is O=C(CN1CCC[C@@H]1Cc1cccc(F)c1)N1CCO[C@H]2CCCC[C@@H]21. The van der Waals surface area contributed by atoms with E-state index in [1.54, 1.807) is 12.1 Å². The number of fused-ring (bicyclic) bond motifs is 1. The van der Waals surface area contributed by atoms with Crippen molar-refractivity contribution in [3.63, 3.8) is 0 Å². The van der Waals surface area contributed by atoms with Crippen LogP contribution in [0.2, 0.25) is 0 Å². The van der Waals surface area contributed by atoms with E-state index in [2.05, 4.69) is 9.80 Å². The minimum absolute atomic E-state index is 0.181. The Kier molecular flexibility index (Phi) is 5.55. The van der Waals surface area contributed by atoms with E-state index in [9.17, 15) is 9.18 Å². The van der Waals surface area contributed by atoms with Gasteiger partial charge in [-0.25, -0.2) is 4.39 Å². The summed E-state index contributed by atoms with van der Waals surface area (Å²) >= 11 is 0. The van der Waals surface area contributed by atoms with E-state index in [1.807, 2.05) is 6.07 Å². The molecule has 4 nitrogen and oxygen atoms in total. The van der Waals surface area contributed by atoms with Crippen molar-refractivity contribution in [1.82, 2.24) is 9.80 Å². The van der Waals surface area contributed by atoms with Gasteiger partial charge in [-0.2, -0.15) is 0 Å². The lowest BCUT2D eigenvalue weighted by atomic mass is 9.90. The summed E-state index contributed by atoms with van der Waals surface area (Å²) in [5.41, 5.74) is 1.02. The highest BCUT2D eigenvalue weighted by molar-refractivity contribution is 5.79. The summed E-state index contributed by atoms with van der Waals surface area (Å²) in [5.74, 6) is 0.0659. The average Bonchev–Trinajstić information content (AvgIpc) is 3.08. The molecule has 1 aliphatic carbocycles. The first-order chi connectivity index (χ1) is 12.7. The third-order valence-electron chi connectivity index (χ3n) is 6.25. The summed E-state index contributed by atoms with van der Waals surface area (Å²) in [4.78, 5) is 17.4. The third kappa shape index (κ3) is 3.94. The summed E-state index contributed by atoms with van der Waals surface area (Å²) in [7, 11) is 0. The first-order valence-electron chi connectivity index (χ1n) is 10.1. The fraction of sp³-hybridized carbons (Fsp3) is 0.667. The van der Waals surface area contributed by atoms with Gasteiger partial charge in [-0.3, -0.25) is 9.69 Å². The molecule has 4 rings (SSSR count). The maximum absolute atomic E-state index is 13.5. The smallest absolute Gasteiger partial charge is 0.237 e. The first kappa shape index (κ1) is 17.9. The molecular formula is C21H29FN2O2. The predicted octanol–water partition coefficient (Wildman–Crippen LogP) is 3.00. The van der Waals surface area contributed by atoms with Gasteiger partial charge >= 0.3 is 0 Å². The molecule has 1 aromatic rings. The molecule has 2 saturated heterocycles. The molecule has 3 atom stereocenters. The number of amides is 1. The van der Waals surface area contributed by atoms with Gasteiger partial charge in [0.1, 0.15) is 5.82 Å². The highest BCUT2D eigenvalue weighted by atomic mass is 19.1. The number of nitrogens with zero attached hydrogens (tertiary/aromatic N) is 2. The quantitative estimate of drug-likeness (QED) is 0.828. The van der Waals surface area contributed by atoms with Crippen molar-refractivity contribution < 1.29 is 13.9 Å². The van der Waals surface area contributed by atoms with Crippen LogP contribution in [-0.4, -0.2) is 60.1 Å². The van der Waals surface area contributed by atoms with Crippen LogP contribution in [0, 0.1) is 5.82 Å². The largest absolute Gasteiger partial charge is 0.374 e. The van der Waals surface area contributed by atoms with Gasteiger partial charge in [0, 0.05) is 12.6 Å². The van der Waals surface area contributed by atoms with Crippen LogP contribution in [0.5, 0.6) is 0 Å². The van der Waals surface area contributed by atoms with Crippen molar-refractivity contribution in [2.45, 2.75) is 63.1 Å². The van der Waals surface area contributed by atoms with Gasteiger partial charge in [-0.15, -0.1) is 0 Å². The number of benzene rings is 1. The average molecular weight is 360 g/mol. The molecule has 0 aromatic heterocycles. The maximum atomic E-state index is 13.5. The second-order valence-electron chi connectivity index (χ2n) is 7.95. The van der Waals surface area contributed by atoms with Crippen molar-refractivity contribution in [2.24, 2.45) is 0 Å². The number of carbonyl (C=O) groups excluding carboxylic acids is 1. The van der Waals surface area contributed by atoms with Crippen molar-refractivity contribution >= 4 is 5.91 Å². The van der Waals surface area contributed by atoms with E-state index < -0.39 is 0 Å². The summed E-state index contributed by atoms with van der Waals surface area (Å²) in [6.07, 6.45) is 7.82. The number of carbonyl (C=O) groups is 1. The summed E-state index contributed by atoms with van der Waals surface area (Å²) < 4.78 is 19.4. The second kappa shape index (κ2) is 8.05. The normalized spacial score (nSPS) is 29.6. The minimum Gasteiger partial charge on any atom is -0.374 e. The standard InChI is InChI=1S/C21H29FN2O2/c22-17-6-3-5-16(13-17)14-18-7-4-10-23(18)15-21(25)24-11-12-26-20-9-2-1-8-19(20)24/h3,5-6,13,18-20H,1-2,4,7-12,14-15H2/t18-,19+,20+/m1/s1. The highest BCUT2D eigenvalue weighted by Gasteiger charge is 2.37. The van der Waals surface area contributed by atoms with Gasteiger partial charge < -0.3 is 9.64 Å². The van der Waals surface area contributed by atoms with Gasteiger partial charge in [-0.1, -0.05) is 25.0 Å². The van der Waals surface area contributed by atoms with E-state index in [4.69, 9.17) is 4.74 Å². The molecule has 2 heterocycles. The maximum Gasteiger partial charge on any atom is 0.237 e. The number of halogens is 1. The molecule has 5 heteroatoms. The molecule has 0 radical (unpaired) electrons. The van der Waals surface area contributed by atoms with Crippen LogP contribution >= 0.6 is 0 Å². The van der Waals surface area contributed by atoms with Crippen molar-refractivity contribution in [2.75, 3.05) is 26.2 Å². The molecular weight excluding hydrogens is 331 g/mol. The second-order valence-corrected chi connectivity index (χ2v) is 7.95. The van der Waals surface area contributed by atoms with Gasteiger partial charge in [0.25, 0.3) is 0 Å². The fourth-order valence-electron chi connectivity index (χ4n) is 4.94. The summed E-state index contributed by atoms with van der Waals surface area (Å²) in [5, 5.41) is 0. The number of morpholine rings is 1. The molecule has 1 amide bonds. The van der Waals surface area contributed by atoms with E-state index in [1.165, 1.54) is 18.9 Å². The topological polar surface area (TPSA) is 32.8 Å². The fourth-order valence-corrected chi connectivity index (χ4v) is 4.94. The molecule has 3 aliphatic rings. The monoisotopic (exact) mass is 360 g/mol. The third-order valence-corrected chi connectivity index (χ3v) is 6.25. The van der Waals surface area contributed by atoms with Crippen molar-refractivity contribution in [3.8, 4) is 0 Å². The molecule has 0 bridgehead atoms. The van der Waals surface area contributed by atoms with Gasteiger partial charge in [0.05, 0.1) is 25.3 Å². The molecule has 142 valence electrons. The predicted molar refractivity (Wildman–Crippen MR) is 98.4 cm³/mol. The van der Waals surface area contributed by atoms with Gasteiger partial charge in [0.15, 0.2) is 0 Å². The van der Waals surface area contributed by atoms with Crippen LogP contribution in [0.4, 0.5) is 4.39 Å². The Morgan fingerprint density at radius 1 is 1.15 bits per heavy atom. The lowest BCUT2D eigenvalue weighted by Crippen LogP contribution is -2.57. The molecule has 2 aliphatic heterocycles. The lowest BCUT2D eigenvalue weighted by molar-refractivity contribution is -0.150. The lowest BCUT2D eigenvalue weighted by Gasteiger charge is -2.44. The molecule has 0 unspecified atom stereocenters. The van der Waals surface area contributed by atoms with E-state index in [0.717, 1.165) is 50.8 Å². The molecule has 1 saturated carbocycles. The van der Waals surface area contributed by atoms with E-state index in [0.29, 0.717) is 19.2 Å². The van der Waals surface area contributed by atoms with E-state index >= 15 is 0 Å². The van der Waals surface area contributed by atoms with Crippen LogP contribution in [0.1, 0.15) is 44.1 Å². The van der Waals surface area contributed by atoms with Crippen LogP contribution in [0.25, 0.3) is 0 Å². The Balaban J connectivity index is 1.38. The minimum atomic E-state index is -0.181. The Bertz CT molecular complexity index is 636. The Hall–Kier alpha value is -1.46. The molecule has 1 aromatic carbocycles. The zero-order valence-corrected chi connectivity index (χ0v) is 15.4. The van der Waals surface area contributed by atoms with Crippen LogP contribution in [0.3, 0.4) is 0 Å². The van der Waals surface area contributed by atoms with Crippen LogP contribution in [-0.2, 0) is 16.0 Å². The Morgan fingerprint density at radius 2 is 2.04 bits per heavy atom. The molecule has 26 heavy (non-hydrogen) atoms. The number of hydrogen-bond acceptors (Lipinski definition) is 3. The van der Waals surface area contributed by atoms with Gasteiger partial charge in [0.2, 0.25) is 5.91 Å². The zero-order chi connectivity index (χ0) is 17.9. The van der Waals surface area contributed by atoms with Crippen LogP contribution < -0.4 is 0 Å². The number of rotatable bonds is 4. The number of ether oxygens (including phenoxy) is 1. The van der Waals surface area contributed by atoms with Gasteiger partial charge in [-0.05, 0) is 56.3 Å². The van der Waals surface area contributed by atoms with Crippen molar-refractivity contribution in [3.05, 3.63) is 35.6 Å². The molecule has 0 N–H and O–H groups in total. The van der Waals surface area contributed by atoms with E-state index in [-0.39, 0.29) is 23.9 Å². The number of likely N-dealkylation sites (tertiary alicyclic amines) is 1.